The van der Waals surface area contributed by atoms with E-state index in [4.69, 9.17) is 23.6 Å². The Morgan fingerprint density at radius 1 is 1.10 bits per heavy atom. The Labute approximate surface area is 285 Å². The number of rotatable bonds is 6. The van der Waals surface area contributed by atoms with Gasteiger partial charge >= 0.3 is 5.97 Å². The number of hydrogen-bond donors (Lipinski definition) is 1. The average molecular weight is 683 g/mol. The molecule has 5 aromatic rings. The smallest absolute Gasteiger partial charge is 0.326 e. The van der Waals surface area contributed by atoms with Crippen LogP contribution in [0.3, 0.4) is 0 Å². The van der Waals surface area contributed by atoms with Gasteiger partial charge in [-0.15, -0.1) is 0 Å². The van der Waals surface area contributed by atoms with Crippen LogP contribution in [0.4, 0.5) is 20.3 Å². The summed E-state index contributed by atoms with van der Waals surface area (Å²) in [5.74, 6) is 4.72. The van der Waals surface area contributed by atoms with Crippen LogP contribution >= 0.6 is 0 Å². The van der Waals surface area contributed by atoms with Crippen LogP contribution in [-0.4, -0.2) is 87.7 Å². The van der Waals surface area contributed by atoms with Crippen molar-refractivity contribution in [1.82, 2.24) is 19.9 Å². The number of benzene rings is 1. The number of nitrogens with zero attached hydrogens (tertiary/aromatic N) is 6. The van der Waals surface area contributed by atoms with Gasteiger partial charge in [0.2, 0.25) is 5.88 Å². The van der Waals surface area contributed by atoms with Crippen molar-refractivity contribution in [2.24, 2.45) is 0 Å². The monoisotopic (exact) mass is 682 g/mol. The molecular weight excluding hydrogens is 650 g/mol. The zero-order valence-corrected chi connectivity index (χ0v) is 27.2. The fourth-order valence-electron chi connectivity index (χ4n) is 6.87. The maximum absolute atomic E-state index is 14.1. The standard InChI is InChI=1S/C36H32F2N6O6/c1-20-11-22(15-39-14-20)7-8-23-12-26(43-9-10-48-36(21(43)2)18-47-19-36)34(40-16-23)49-24-13-27(35(45)46)44(17-24)33-30-29(41-32(42-33)31(37)38)25-5-3-4-6-28(25)50-30/h3-6,11-12,14-16,21,24,27,31H,9-10,13,17-19H2,1-2H3,(H,45,46)/t21-,24-,27-/m0/s1. The molecule has 3 aliphatic rings. The highest BCUT2D eigenvalue weighted by Crippen LogP contribution is 2.41. The van der Waals surface area contributed by atoms with Gasteiger partial charge in [-0.05, 0) is 43.7 Å². The number of furan rings is 1. The summed E-state index contributed by atoms with van der Waals surface area (Å²) in [5.41, 5.74) is 3.35. The topological polar surface area (TPSA) is 136 Å². The summed E-state index contributed by atoms with van der Waals surface area (Å²) in [5, 5.41) is 10.8. The first-order chi connectivity index (χ1) is 24.2. The molecule has 7 heterocycles. The van der Waals surface area contributed by atoms with Crippen molar-refractivity contribution < 1.29 is 37.3 Å². The molecule has 14 heteroatoms. The van der Waals surface area contributed by atoms with Crippen molar-refractivity contribution in [3.05, 3.63) is 77.5 Å². The van der Waals surface area contributed by atoms with Gasteiger partial charge in [0.1, 0.15) is 34.5 Å². The van der Waals surface area contributed by atoms with E-state index < -0.39 is 36.0 Å². The summed E-state index contributed by atoms with van der Waals surface area (Å²) < 4.78 is 52.4. The number of carbonyl (C=O) groups is 1. The molecule has 0 bridgehead atoms. The lowest BCUT2D eigenvalue weighted by molar-refractivity contribution is -0.228. The number of alkyl halides is 2. The van der Waals surface area contributed by atoms with E-state index in [1.54, 1.807) is 42.9 Å². The molecule has 3 saturated heterocycles. The first-order valence-corrected chi connectivity index (χ1v) is 16.2. The van der Waals surface area contributed by atoms with E-state index in [2.05, 4.69) is 38.6 Å². The van der Waals surface area contributed by atoms with Gasteiger partial charge in [-0.25, -0.2) is 28.5 Å². The van der Waals surface area contributed by atoms with Crippen molar-refractivity contribution in [3.63, 3.8) is 0 Å². The molecule has 4 aromatic heterocycles. The number of morpholine rings is 1. The molecule has 1 N–H and O–H groups in total. The van der Waals surface area contributed by atoms with E-state index in [9.17, 15) is 18.7 Å². The molecule has 1 spiro atoms. The zero-order valence-electron chi connectivity index (χ0n) is 27.2. The third-order valence-electron chi connectivity index (χ3n) is 9.52. The number of aliphatic carboxylic acids is 1. The highest BCUT2D eigenvalue weighted by Gasteiger charge is 2.50. The van der Waals surface area contributed by atoms with Gasteiger partial charge in [0, 0.05) is 48.1 Å². The van der Waals surface area contributed by atoms with Gasteiger partial charge in [0.15, 0.2) is 17.2 Å². The van der Waals surface area contributed by atoms with E-state index in [0.717, 1.165) is 11.1 Å². The molecule has 256 valence electrons. The van der Waals surface area contributed by atoms with Gasteiger partial charge < -0.3 is 33.5 Å². The first kappa shape index (κ1) is 31.9. The Kier molecular flexibility index (Phi) is 7.96. The number of para-hydroxylation sites is 1. The lowest BCUT2D eigenvalue weighted by atomic mass is 9.90. The largest absolute Gasteiger partial charge is 0.480 e. The van der Waals surface area contributed by atoms with Crippen molar-refractivity contribution in [1.29, 1.82) is 0 Å². The first-order valence-electron chi connectivity index (χ1n) is 16.2. The third-order valence-corrected chi connectivity index (χ3v) is 9.52. The molecule has 50 heavy (non-hydrogen) atoms. The number of fused-ring (bicyclic) bond motifs is 3. The molecule has 0 amide bonds. The summed E-state index contributed by atoms with van der Waals surface area (Å²) in [7, 11) is 0. The number of carboxylic acid groups (broad SMARTS) is 1. The second kappa shape index (κ2) is 12.5. The van der Waals surface area contributed by atoms with Crippen LogP contribution in [0.1, 0.15) is 42.3 Å². The number of halogens is 2. The molecule has 0 radical (unpaired) electrons. The Balaban J connectivity index is 1.16. The van der Waals surface area contributed by atoms with Gasteiger partial charge in [-0.3, -0.25) is 4.98 Å². The lowest BCUT2D eigenvalue weighted by Crippen LogP contribution is -2.68. The van der Waals surface area contributed by atoms with Crippen LogP contribution in [0.15, 0.2) is 59.4 Å². The molecule has 12 nitrogen and oxygen atoms in total. The van der Waals surface area contributed by atoms with Crippen molar-refractivity contribution >= 4 is 39.5 Å². The quantitative estimate of drug-likeness (QED) is 0.244. The Morgan fingerprint density at radius 2 is 1.90 bits per heavy atom. The molecule has 8 rings (SSSR count). The van der Waals surface area contributed by atoms with Crippen LogP contribution in [0, 0.1) is 18.8 Å². The van der Waals surface area contributed by atoms with Crippen LogP contribution in [0.25, 0.3) is 22.1 Å². The van der Waals surface area contributed by atoms with Gasteiger partial charge in [-0.2, -0.15) is 0 Å². The minimum absolute atomic E-state index is 0.0162. The maximum Gasteiger partial charge on any atom is 0.326 e. The van der Waals surface area contributed by atoms with Crippen molar-refractivity contribution in [2.45, 2.75) is 50.5 Å². The summed E-state index contributed by atoms with van der Waals surface area (Å²) in [6, 6.07) is 9.52. The van der Waals surface area contributed by atoms with Crippen LogP contribution < -0.4 is 14.5 Å². The Bertz CT molecular complexity index is 2180. The second-order valence-corrected chi connectivity index (χ2v) is 12.8. The molecule has 0 unspecified atom stereocenters. The SMILES string of the molecule is Cc1cncc(C#Cc2cnc(O[C@H]3C[C@@H](C(=O)O)N(c4nc(C(F)F)nc5c4oc4ccccc45)C3)c(N3CCOC4(COC4)[C@@H]3C)c2)c1. The van der Waals surface area contributed by atoms with E-state index >= 15 is 0 Å². The minimum Gasteiger partial charge on any atom is -0.480 e. The number of ether oxygens (including phenoxy) is 3. The summed E-state index contributed by atoms with van der Waals surface area (Å²) >= 11 is 0. The number of carboxylic acids is 1. The van der Waals surface area contributed by atoms with Crippen LogP contribution in [-0.2, 0) is 14.3 Å². The van der Waals surface area contributed by atoms with Gasteiger partial charge in [0.05, 0.1) is 32.4 Å². The highest BCUT2D eigenvalue weighted by atomic mass is 19.3. The van der Waals surface area contributed by atoms with Gasteiger partial charge in [0.25, 0.3) is 6.43 Å². The van der Waals surface area contributed by atoms with Crippen molar-refractivity contribution in [2.75, 3.05) is 42.7 Å². The highest BCUT2D eigenvalue weighted by molar-refractivity contribution is 6.06. The van der Waals surface area contributed by atoms with Crippen molar-refractivity contribution in [3.8, 4) is 17.7 Å². The second-order valence-electron chi connectivity index (χ2n) is 12.8. The zero-order chi connectivity index (χ0) is 34.6. The van der Waals surface area contributed by atoms with Crippen LogP contribution in [0.5, 0.6) is 5.88 Å². The molecule has 3 fully saturated rings. The molecule has 0 aliphatic carbocycles. The predicted octanol–water partition coefficient (Wildman–Crippen LogP) is 4.92. The number of pyridine rings is 2. The third kappa shape index (κ3) is 5.62. The Morgan fingerprint density at radius 3 is 2.64 bits per heavy atom. The molecule has 3 aliphatic heterocycles. The number of hydrogen-bond acceptors (Lipinski definition) is 11. The minimum atomic E-state index is -2.99. The normalized spacial score (nSPS) is 21.4. The summed E-state index contributed by atoms with van der Waals surface area (Å²) in [6.07, 6.45) is 1.42. The number of aromatic nitrogens is 4. The van der Waals surface area contributed by atoms with E-state index in [0.29, 0.717) is 48.6 Å². The predicted molar refractivity (Wildman–Crippen MR) is 178 cm³/mol. The lowest BCUT2D eigenvalue weighted by Gasteiger charge is -2.53. The number of anilines is 2. The fourth-order valence-corrected chi connectivity index (χ4v) is 6.87. The van der Waals surface area contributed by atoms with E-state index in [1.807, 2.05) is 19.1 Å². The number of aryl methyl sites for hydroxylation is 1. The van der Waals surface area contributed by atoms with E-state index in [1.165, 1.54) is 4.90 Å². The van der Waals surface area contributed by atoms with E-state index in [-0.39, 0.29) is 41.8 Å². The van der Waals surface area contributed by atoms with Crippen LogP contribution in [0.2, 0.25) is 0 Å². The Hall–Kier alpha value is -5.39. The summed E-state index contributed by atoms with van der Waals surface area (Å²) in [4.78, 5) is 33.4. The maximum atomic E-state index is 14.1. The molecule has 1 aromatic carbocycles. The summed E-state index contributed by atoms with van der Waals surface area (Å²) in [6.45, 7) is 5.96. The molecule has 0 saturated carbocycles. The van der Waals surface area contributed by atoms with Gasteiger partial charge in [-0.1, -0.05) is 24.0 Å². The average Bonchev–Trinajstić information content (AvgIpc) is 3.69. The fraction of sp³-hybridized carbons (Fsp3) is 0.361. The molecular formula is C36H32F2N6O6. The molecule has 3 atom stereocenters.